The van der Waals surface area contributed by atoms with E-state index in [-0.39, 0.29) is 0 Å². The molecule has 3 aliphatic rings. The zero-order chi connectivity index (χ0) is 21.6. The molecule has 0 spiro atoms. The molecule has 2 aliphatic heterocycles. The van der Waals surface area contributed by atoms with Crippen LogP contribution in [-0.4, -0.2) is 49.7 Å². The number of nitrogens with zero attached hydrogens (tertiary/aromatic N) is 2. The van der Waals surface area contributed by atoms with Gasteiger partial charge in [-0.3, -0.25) is 9.88 Å². The van der Waals surface area contributed by atoms with E-state index < -0.39 is 0 Å². The number of fused-ring (bicyclic) bond motifs is 2. The Hall–Kier alpha value is -2.21. The Kier molecular flexibility index (Phi) is 7.38. The Morgan fingerprint density at radius 2 is 2.00 bits per heavy atom. The fourth-order valence-electron chi connectivity index (χ4n) is 5.11. The molecule has 1 aliphatic carbocycles. The first-order valence-electron chi connectivity index (χ1n) is 11.7. The van der Waals surface area contributed by atoms with Gasteiger partial charge in [-0.05, 0) is 74.5 Å². The minimum Gasteiger partial charge on any atom is -0.380 e. The van der Waals surface area contributed by atoms with E-state index >= 15 is 0 Å². The average molecular weight is 420 g/mol. The fraction of sp³-hybridized carbons (Fsp3) is 0.500. The molecule has 0 bridgehead atoms. The van der Waals surface area contributed by atoms with E-state index in [4.69, 9.17) is 0 Å². The van der Waals surface area contributed by atoms with Crippen LogP contribution >= 0.6 is 0 Å². The minimum absolute atomic E-state index is 0.361. The van der Waals surface area contributed by atoms with Crippen LogP contribution in [0.25, 0.3) is 0 Å². The number of benzene rings is 1. The van der Waals surface area contributed by atoms with Gasteiger partial charge in [0.2, 0.25) is 0 Å². The van der Waals surface area contributed by atoms with E-state index in [1.54, 1.807) is 0 Å². The second kappa shape index (κ2) is 10.4. The molecule has 5 nitrogen and oxygen atoms in total. The molecule has 1 aromatic heterocycles. The molecule has 5 rings (SSSR count). The summed E-state index contributed by atoms with van der Waals surface area (Å²) in [4.78, 5) is 6.66. The second-order valence-corrected chi connectivity index (χ2v) is 9.14. The monoisotopic (exact) mass is 419 g/mol. The summed E-state index contributed by atoms with van der Waals surface area (Å²) in [7, 11) is 4.19. The van der Waals surface area contributed by atoms with Gasteiger partial charge in [0.1, 0.15) is 0 Å². The highest BCUT2D eigenvalue weighted by molar-refractivity contribution is 5.40. The van der Waals surface area contributed by atoms with Crippen molar-refractivity contribution in [2.24, 2.45) is 0 Å². The molecule has 2 atom stereocenters. The van der Waals surface area contributed by atoms with Gasteiger partial charge in [0.15, 0.2) is 0 Å². The Bertz CT molecular complexity index is 868. The highest BCUT2D eigenvalue weighted by Gasteiger charge is 2.26. The lowest BCUT2D eigenvalue weighted by molar-refractivity contribution is 0.272. The molecule has 3 heterocycles. The average Bonchev–Trinajstić information content (AvgIpc) is 2.79. The van der Waals surface area contributed by atoms with E-state index in [0.717, 1.165) is 38.3 Å². The molecule has 0 radical (unpaired) electrons. The minimum atomic E-state index is 0.361. The number of nitrogens with one attached hydrogen (secondary N) is 3. The first-order valence-corrected chi connectivity index (χ1v) is 11.7. The number of likely N-dealkylation sites (N-methyl/N-ethyl adjacent to an activating group) is 2. The summed E-state index contributed by atoms with van der Waals surface area (Å²) >= 11 is 0. The quantitative estimate of drug-likeness (QED) is 0.714. The van der Waals surface area contributed by atoms with Crippen LogP contribution in [0.3, 0.4) is 0 Å². The zero-order valence-corrected chi connectivity index (χ0v) is 19.1. The van der Waals surface area contributed by atoms with Gasteiger partial charge in [-0.1, -0.05) is 30.8 Å². The number of rotatable bonds is 3. The molecule has 166 valence electrons. The highest BCUT2D eigenvalue weighted by atomic mass is 15.2. The highest BCUT2D eigenvalue weighted by Crippen LogP contribution is 2.28. The van der Waals surface area contributed by atoms with Crippen molar-refractivity contribution >= 4 is 0 Å². The van der Waals surface area contributed by atoms with Gasteiger partial charge in [0, 0.05) is 49.8 Å². The molecular formula is C26H37N5. The van der Waals surface area contributed by atoms with Crippen LogP contribution in [0.15, 0.2) is 48.8 Å². The lowest BCUT2D eigenvalue weighted by atomic mass is 9.87. The Morgan fingerprint density at radius 3 is 2.81 bits per heavy atom. The normalized spacial score (nSPS) is 23.1. The van der Waals surface area contributed by atoms with Gasteiger partial charge >= 0.3 is 0 Å². The maximum atomic E-state index is 4.32. The lowest BCUT2D eigenvalue weighted by Crippen LogP contribution is -2.45. The smallest absolute Gasteiger partial charge is 0.0641 e. The van der Waals surface area contributed by atoms with Crippen molar-refractivity contribution in [3.8, 4) is 0 Å². The van der Waals surface area contributed by atoms with E-state index in [1.165, 1.54) is 53.6 Å². The SMILES string of the molecule is C=C1CN(C)CC(c2cccc3c2CC(CNC)NC3)N1.c1cnc2c(c1)CCCC2. The van der Waals surface area contributed by atoms with E-state index in [0.29, 0.717) is 12.1 Å². The Balaban J connectivity index is 0.000000192. The van der Waals surface area contributed by atoms with E-state index in [1.807, 2.05) is 19.3 Å². The van der Waals surface area contributed by atoms with Crippen molar-refractivity contribution in [1.29, 1.82) is 0 Å². The number of aryl methyl sites for hydroxylation is 2. The molecule has 0 saturated carbocycles. The molecule has 31 heavy (non-hydrogen) atoms. The molecule has 1 aromatic carbocycles. The van der Waals surface area contributed by atoms with Gasteiger partial charge in [-0.15, -0.1) is 0 Å². The fourth-order valence-corrected chi connectivity index (χ4v) is 5.11. The lowest BCUT2D eigenvalue weighted by Gasteiger charge is -2.36. The first-order chi connectivity index (χ1) is 15.1. The van der Waals surface area contributed by atoms with E-state index in [2.05, 4.69) is 63.7 Å². The van der Waals surface area contributed by atoms with Crippen LogP contribution in [0.1, 0.15) is 46.8 Å². The summed E-state index contributed by atoms with van der Waals surface area (Å²) in [6, 6.07) is 11.8. The third kappa shape index (κ3) is 5.53. The molecule has 2 unspecified atom stereocenters. The van der Waals surface area contributed by atoms with Crippen LogP contribution in [0, 0.1) is 0 Å². The van der Waals surface area contributed by atoms with Crippen molar-refractivity contribution < 1.29 is 0 Å². The second-order valence-electron chi connectivity index (χ2n) is 9.14. The molecule has 1 fully saturated rings. The molecule has 0 amide bonds. The molecular weight excluding hydrogens is 382 g/mol. The predicted molar refractivity (Wildman–Crippen MR) is 128 cm³/mol. The summed E-state index contributed by atoms with van der Waals surface area (Å²) in [5.74, 6) is 0. The molecule has 3 N–H and O–H groups in total. The number of pyridine rings is 1. The van der Waals surface area contributed by atoms with Crippen LogP contribution in [0.2, 0.25) is 0 Å². The van der Waals surface area contributed by atoms with E-state index in [9.17, 15) is 0 Å². The van der Waals surface area contributed by atoms with Crippen LogP contribution in [0.5, 0.6) is 0 Å². The molecule has 1 saturated heterocycles. The largest absolute Gasteiger partial charge is 0.380 e. The summed E-state index contributed by atoms with van der Waals surface area (Å²) < 4.78 is 0. The zero-order valence-electron chi connectivity index (χ0n) is 19.1. The van der Waals surface area contributed by atoms with Crippen molar-refractivity contribution in [1.82, 2.24) is 25.8 Å². The third-order valence-electron chi connectivity index (χ3n) is 6.59. The summed E-state index contributed by atoms with van der Waals surface area (Å²) in [5.41, 5.74) is 8.33. The van der Waals surface area contributed by atoms with Gasteiger partial charge < -0.3 is 16.0 Å². The summed E-state index contributed by atoms with van der Waals surface area (Å²) in [5, 5.41) is 10.5. The van der Waals surface area contributed by atoms with Crippen molar-refractivity contribution in [2.75, 3.05) is 33.7 Å². The van der Waals surface area contributed by atoms with Crippen LogP contribution < -0.4 is 16.0 Å². The maximum absolute atomic E-state index is 4.32. The molecule has 5 heteroatoms. The number of aromatic nitrogens is 1. The van der Waals surface area contributed by atoms with Crippen LogP contribution in [-0.2, 0) is 25.8 Å². The van der Waals surface area contributed by atoms with Crippen molar-refractivity contribution in [3.05, 3.63) is 76.8 Å². The number of hydrogen-bond acceptors (Lipinski definition) is 5. The topological polar surface area (TPSA) is 52.2 Å². The van der Waals surface area contributed by atoms with Crippen molar-refractivity contribution in [2.45, 2.75) is 50.7 Å². The Labute approximate surface area is 187 Å². The summed E-state index contributed by atoms with van der Waals surface area (Å²) in [6.45, 7) is 8.09. The first kappa shape index (κ1) is 22.0. The van der Waals surface area contributed by atoms with Crippen LogP contribution in [0.4, 0.5) is 0 Å². The predicted octanol–water partition coefficient (Wildman–Crippen LogP) is 2.97. The molecule has 2 aromatic rings. The van der Waals surface area contributed by atoms with Crippen molar-refractivity contribution in [3.63, 3.8) is 0 Å². The number of hydrogen-bond donors (Lipinski definition) is 3. The van der Waals surface area contributed by atoms with Gasteiger partial charge in [-0.2, -0.15) is 0 Å². The van der Waals surface area contributed by atoms with Gasteiger partial charge in [0.25, 0.3) is 0 Å². The standard InChI is InChI=1S/C17H26N4.C9H11N/c1-12-10-21(3)11-17(20-12)15-6-4-5-13-8-19-14(9-18-2)7-16(13)15;1-2-6-9-8(4-1)5-3-7-10-9/h4-6,14,17-20H,1,7-11H2,2-3H3;3,5,7H,1-2,4,6H2. The number of piperazine rings is 1. The Morgan fingerprint density at radius 1 is 1.16 bits per heavy atom. The van der Waals surface area contributed by atoms with Gasteiger partial charge in [-0.25, -0.2) is 0 Å². The summed E-state index contributed by atoms with van der Waals surface area (Å²) in [6.07, 6.45) is 8.09. The third-order valence-corrected chi connectivity index (χ3v) is 6.59. The maximum Gasteiger partial charge on any atom is 0.0641 e. The van der Waals surface area contributed by atoms with Gasteiger partial charge in [0.05, 0.1) is 6.04 Å².